The van der Waals surface area contributed by atoms with E-state index < -0.39 is 17.7 Å². The van der Waals surface area contributed by atoms with Crippen molar-refractivity contribution in [2.75, 3.05) is 11.9 Å². The van der Waals surface area contributed by atoms with Gasteiger partial charge < -0.3 is 26.2 Å². The molecule has 0 radical (unpaired) electrons. The highest BCUT2D eigenvalue weighted by Gasteiger charge is 2.53. The van der Waals surface area contributed by atoms with E-state index in [2.05, 4.69) is 10.6 Å². The van der Waals surface area contributed by atoms with Crippen LogP contribution < -0.4 is 21.1 Å². The molecule has 0 spiro atoms. The maximum absolute atomic E-state index is 12.7. The molecule has 2 bridgehead atoms. The second-order valence-corrected chi connectivity index (χ2v) is 7.79. The highest BCUT2D eigenvalue weighted by atomic mass is 35.5. The van der Waals surface area contributed by atoms with E-state index in [0.717, 1.165) is 31.4 Å². The van der Waals surface area contributed by atoms with Crippen molar-refractivity contribution in [2.24, 2.45) is 5.73 Å². The van der Waals surface area contributed by atoms with Crippen LogP contribution in [-0.4, -0.2) is 40.8 Å². The van der Waals surface area contributed by atoms with Gasteiger partial charge in [-0.15, -0.1) is 0 Å². The average molecular weight is 352 g/mol. The first-order chi connectivity index (χ1) is 11.4. The summed E-state index contributed by atoms with van der Waals surface area (Å²) in [5.74, 6) is 0.471. The molecule has 1 heterocycles. The Bertz CT molecular complexity index is 673. The summed E-state index contributed by atoms with van der Waals surface area (Å²) < 4.78 is 5.82. The van der Waals surface area contributed by atoms with Crippen LogP contribution in [0.25, 0.3) is 0 Å². The number of rotatable bonds is 2. The molecule has 1 amide bonds. The van der Waals surface area contributed by atoms with E-state index in [-0.39, 0.29) is 11.4 Å². The van der Waals surface area contributed by atoms with Gasteiger partial charge in [-0.05, 0) is 50.3 Å². The van der Waals surface area contributed by atoms with Crippen LogP contribution in [0.4, 0.5) is 5.69 Å². The molecular weight excluding hydrogens is 330 g/mol. The SMILES string of the molecule is NC12CCC(NC(=O)C3CNc4cc(Cl)ccc4O3)(CC1)CC2O. The summed E-state index contributed by atoms with van der Waals surface area (Å²) in [6.45, 7) is 0.388. The Morgan fingerprint density at radius 1 is 1.38 bits per heavy atom. The van der Waals surface area contributed by atoms with Gasteiger partial charge in [-0.1, -0.05) is 11.6 Å². The molecule has 3 aliphatic carbocycles. The first kappa shape index (κ1) is 16.0. The van der Waals surface area contributed by atoms with Crippen LogP contribution in [0.1, 0.15) is 32.1 Å². The molecule has 1 aromatic rings. The fourth-order valence-electron chi connectivity index (χ4n) is 4.11. The Morgan fingerprint density at radius 2 is 2.12 bits per heavy atom. The number of amides is 1. The third-order valence-electron chi connectivity index (χ3n) is 5.76. The van der Waals surface area contributed by atoms with E-state index in [1.165, 1.54) is 0 Å². The van der Waals surface area contributed by atoms with Gasteiger partial charge in [-0.2, -0.15) is 0 Å². The van der Waals surface area contributed by atoms with E-state index in [0.29, 0.717) is 23.7 Å². The molecule has 7 heteroatoms. The Kier molecular flexibility index (Phi) is 3.67. The lowest BCUT2D eigenvalue weighted by atomic mass is 9.60. The number of halogens is 1. The van der Waals surface area contributed by atoms with Gasteiger partial charge >= 0.3 is 0 Å². The van der Waals surface area contributed by atoms with Crippen LogP contribution in [0, 0.1) is 0 Å². The van der Waals surface area contributed by atoms with Crippen molar-refractivity contribution in [2.45, 2.75) is 55.4 Å². The standard InChI is InChI=1S/C17H22ClN3O3/c18-10-1-2-12-11(7-10)20-9-13(24-12)15(23)21-16-3-5-17(19,6-4-16)14(22)8-16/h1-2,7,13-14,20,22H,3-6,8-9,19H2,(H,21,23). The molecule has 3 saturated carbocycles. The number of fused-ring (bicyclic) bond motifs is 4. The minimum Gasteiger partial charge on any atom is -0.477 e. The van der Waals surface area contributed by atoms with Crippen molar-refractivity contribution in [1.29, 1.82) is 0 Å². The number of nitrogens with two attached hydrogens (primary N) is 1. The molecule has 0 saturated heterocycles. The van der Waals surface area contributed by atoms with Gasteiger partial charge in [-0.25, -0.2) is 0 Å². The summed E-state index contributed by atoms with van der Waals surface area (Å²) in [6.07, 6.45) is 2.43. The zero-order chi connectivity index (χ0) is 16.9. The molecule has 24 heavy (non-hydrogen) atoms. The molecule has 3 fully saturated rings. The van der Waals surface area contributed by atoms with Crippen molar-refractivity contribution in [3.8, 4) is 5.75 Å². The van der Waals surface area contributed by atoms with E-state index >= 15 is 0 Å². The minimum absolute atomic E-state index is 0.151. The van der Waals surface area contributed by atoms with Crippen LogP contribution in [0.15, 0.2) is 18.2 Å². The Labute approximate surface area is 145 Å². The number of hydrogen-bond donors (Lipinski definition) is 4. The Balaban J connectivity index is 1.45. The monoisotopic (exact) mass is 351 g/mol. The number of aliphatic hydroxyl groups is 1. The zero-order valence-corrected chi connectivity index (χ0v) is 14.1. The fourth-order valence-corrected chi connectivity index (χ4v) is 4.28. The summed E-state index contributed by atoms with van der Waals surface area (Å²) in [5, 5.41) is 17.2. The van der Waals surface area contributed by atoms with Crippen LogP contribution in [0.5, 0.6) is 5.75 Å². The second-order valence-electron chi connectivity index (χ2n) is 7.35. The number of carbonyl (C=O) groups excluding carboxylic acids is 1. The molecule has 0 aromatic heterocycles. The Hall–Kier alpha value is -1.50. The van der Waals surface area contributed by atoms with E-state index in [9.17, 15) is 9.90 Å². The lowest BCUT2D eigenvalue weighted by molar-refractivity contribution is -0.133. The third-order valence-corrected chi connectivity index (χ3v) is 5.99. The molecular formula is C17H22ClN3O3. The molecule has 2 atom stereocenters. The van der Waals surface area contributed by atoms with Crippen molar-refractivity contribution in [3.63, 3.8) is 0 Å². The van der Waals surface area contributed by atoms with E-state index in [4.69, 9.17) is 22.1 Å². The number of aliphatic hydroxyl groups excluding tert-OH is 1. The van der Waals surface area contributed by atoms with Gasteiger partial charge in [0.25, 0.3) is 5.91 Å². The van der Waals surface area contributed by atoms with Crippen LogP contribution in [0.3, 0.4) is 0 Å². The quantitative estimate of drug-likeness (QED) is 0.646. The fraction of sp³-hybridized carbons (Fsp3) is 0.588. The normalized spacial score (nSPS) is 37.1. The number of anilines is 1. The Morgan fingerprint density at radius 3 is 2.83 bits per heavy atom. The van der Waals surface area contributed by atoms with Crippen LogP contribution in [-0.2, 0) is 4.79 Å². The molecule has 2 unspecified atom stereocenters. The maximum Gasteiger partial charge on any atom is 0.263 e. The largest absolute Gasteiger partial charge is 0.477 e. The topological polar surface area (TPSA) is 96.6 Å². The molecule has 4 aliphatic rings. The summed E-state index contributed by atoms with van der Waals surface area (Å²) in [7, 11) is 0. The maximum atomic E-state index is 12.7. The zero-order valence-electron chi connectivity index (χ0n) is 13.3. The van der Waals surface area contributed by atoms with E-state index in [1.807, 2.05) is 0 Å². The molecule has 130 valence electrons. The predicted molar refractivity (Wildman–Crippen MR) is 91.2 cm³/mol. The molecule has 5 rings (SSSR count). The summed E-state index contributed by atoms with van der Waals surface area (Å²) in [6, 6.07) is 5.28. The number of ether oxygens (including phenoxy) is 1. The highest BCUT2D eigenvalue weighted by Crippen LogP contribution is 2.45. The average Bonchev–Trinajstić information content (AvgIpc) is 2.56. The number of nitrogens with one attached hydrogen (secondary N) is 2. The lowest BCUT2D eigenvalue weighted by Gasteiger charge is -2.54. The van der Waals surface area contributed by atoms with Crippen LogP contribution in [0.2, 0.25) is 5.02 Å². The highest BCUT2D eigenvalue weighted by molar-refractivity contribution is 6.30. The van der Waals surface area contributed by atoms with Gasteiger partial charge in [0.15, 0.2) is 6.10 Å². The molecule has 6 nitrogen and oxygen atoms in total. The van der Waals surface area contributed by atoms with E-state index in [1.54, 1.807) is 18.2 Å². The van der Waals surface area contributed by atoms with Crippen molar-refractivity contribution >= 4 is 23.2 Å². The molecule has 5 N–H and O–H groups in total. The third kappa shape index (κ3) is 2.62. The first-order valence-electron chi connectivity index (χ1n) is 8.38. The summed E-state index contributed by atoms with van der Waals surface area (Å²) in [5.41, 5.74) is 6.19. The summed E-state index contributed by atoms with van der Waals surface area (Å²) in [4.78, 5) is 12.7. The smallest absolute Gasteiger partial charge is 0.263 e. The van der Waals surface area contributed by atoms with Crippen molar-refractivity contribution < 1.29 is 14.6 Å². The van der Waals surface area contributed by atoms with Crippen LogP contribution >= 0.6 is 11.6 Å². The van der Waals surface area contributed by atoms with Gasteiger partial charge in [0.2, 0.25) is 0 Å². The number of carbonyl (C=O) groups is 1. The van der Waals surface area contributed by atoms with Crippen molar-refractivity contribution in [1.82, 2.24) is 5.32 Å². The molecule has 1 aliphatic heterocycles. The molecule has 1 aromatic carbocycles. The second kappa shape index (κ2) is 5.51. The van der Waals surface area contributed by atoms with Gasteiger partial charge in [-0.3, -0.25) is 4.79 Å². The van der Waals surface area contributed by atoms with Gasteiger partial charge in [0.05, 0.1) is 18.3 Å². The minimum atomic E-state index is -0.600. The number of benzene rings is 1. The predicted octanol–water partition coefficient (Wildman–Crippen LogP) is 1.40. The first-order valence-corrected chi connectivity index (χ1v) is 8.76. The van der Waals surface area contributed by atoms with Crippen molar-refractivity contribution in [3.05, 3.63) is 23.2 Å². The van der Waals surface area contributed by atoms with Gasteiger partial charge in [0.1, 0.15) is 5.75 Å². The van der Waals surface area contributed by atoms with Gasteiger partial charge in [0, 0.05) is 16.1 Å². The summed E-state index contributed by atoms with van der Waals surface area (Å²) >= 11 is 5.96. The lowest BCUT2D eigenvalue weighted by Crippen LogP contribution is -2.69. The number of hydrogen-bond acceptors (Lipinski definition) is 5.